The van der Waals surface area contributed by atoms with Gasteiger partial charge < -0.3 is 14.9 Å². The minimum Gasteiger partial charge on any atom is -0.422 e. The molecule has 234 valence electrons. The number of carbonyl (C=O) groups is 4. The zero-order valence-corrected chi connectivity index (χ0v) is 25.8. The first-order chi connectivity index (χ1) is 20.9. The van der Waals surface area contributed by atoms with Crippen LogP contribution in [0.25, 0.3) is 0 Å². The summed E-state index contributed by atoms with van der Waals surface area (Å²) in [5.74, 6) is -2.57. The van der Waals surface area contributed by atoms with Crippen LogP contribution in [0.4, 0.5) is 0 Å². The molecule has 9 nitrogen and oxygen atoms in total. The third-order valence-corrected chi connectivity index (χ3v) is 5.85. The van der Waals surface area contributed by atoms with Crippen LogP contribution in [0, 0.1) is 0 Å². The Morgan fingerprint density at radius 3 is 2.05 bits per heavy atom. The number of hydroxylamine groups is 1. The Balaban J connectivity index is 2.29. The van der Waals surface area contributed by atoms with Crippen LogP contribution in [0.2, 0.25) is 0 Å². The monoisotopic (exact) mass is 593 g/mol. The lowest BCUT2D eigenvalue weighted by Crippen LogP contribution is -2.41. The van der Waals surface area contributed by atoms with E-state index in [0.717, 1.165) is 44.9 Å². The van der Waals surface area contributed by atoms with E-state index in [2.05, 4.69) is 71.9 Å². The summed E-state index contributed by atoms with van der Waals surface area (Å²) in [5, 5.41) is 2.61. The zero-order chi connectivity index (χ0) is 31.5. The number of rotatable bonds is 20. The van der Waals surface area contributed by atoms with Gasteiger partial charge in [-0.05, 0) is 70.4 Å². The van der Waals surface area contributed by atoms with Crippen molar-refractivity contribution in [3.8, 4) is 5.75 Å². The number of ether oxygens (including phenoxy) is 1. The van der Waals surface area contributed by atoms with Crippen molar-refractivity contribution in [2.75, 3.05) is 0 Å². The van der Waals surface area contributed by atoms with Crippen molar-refractivity contribution >= 4 is 23.8 Å². The summed E-state index contributed by atoms with van der Waals surface area (Å²) in [7, 11) is 0. The molecule has 1 rings (SSSR count). The molecule has 0 aromatic carbocycles. The van der Waals surface area contributed by atoms with Crippen LogP contribution in [0.15, 0.2) is 79.1 Å². The zero-order valence-electron chi connectivity index (χ0n) is 25.8. The van der Waals surface area contributed by atoms with Gasteiger partial charge in [0, 0.05) is 19.0 Å². The van der Waals surface area contributed by atoms with Crippen molar-refractivity contribution in [2.45, 2.75) is 97.4 Å². The van der Waals surface area contributed by atoms with E-state index in [4.69, 9.17) is 9.57 Å². The molecule has 9 heteroatoms. The number of hydrogen-bond acceptors (Lipinski definition) is 7. The molecule has 2 N–H and O–H groups in total. The van der Waals surface area contributed by atoms with Crippen LogP contribution < -0.4 is 15.5 Å². The van der Waals surface area contributed by atoms with Gasteiger partial charge in [-0.2, -0.15) is 5.48 Å². The number of pyridine rings is 1. The van der Waals surface area contributed by atoms with E-state index >= 15 is 0 Å². The lowest BCUT2D eigenvalue weighted by Gasteiger charge is -2.14. The van der Waals surface area contributed by atoms with Gasteiger partial charge >= 0.3 is 17.8 Å². The molecule has 2 amide bonds. The molecule has 0 aliphatic carbocycles. The first-order valence-electron chi connectivity index (χ1n) is 15.1. The second kappa shape index (κ2) is 24.3. The van der Waals surface area contributed by atoms with Gasteiger partial charge in [0.15, 0.2) is 11.4 Å². The smallest absolute Gasteiger partial charge is 0.333 e. The Bertz CT molecular complexity index is 1140. The summed E-state index contributed by atoms with van der Waals surface area (Å²) in [4.78, 5) is 57.5. The van der Waals surface area contributed by atoms with E-state index in [1.54, 1.807) is 0 Å². The van der Waals surface area contributed by atoms with Crippen molar-refractivity contribution in [1.82, 2.24) is 15.8 Å². The lowest BCUT2D eigenvalue weighted by atomic mass is 10.2. The molecule has 1 aromatic rings. The van der Waals surface area contributed by atoms with Crippen LogP contribution in [0.3, 0.4) is 0 Å². The first kappa shape index (κ1) is 36.8. The highest BCUT2D eigenvalue weighted by Gasteiger charge is 2.22. The predicted molar refractivity (Wildman–Crippen MR) is 169 cm³/mol. The molecule has 1 aromatic heterocycles. The molecule has 0 aliphatic heterocycles. The summed E-state index contributed by atoms with van der Waals surface area (Å²) in [6.45, 7) is 5.56. The van der Waals surface area contributed by atoms with E-state index in [-0.39, 0.29) is 30.2 Å². The number of esters is 1. The van der Waals surface area contributed by atoms with Gasteiger partial charge in [-0.3, -0.25) is 9.59 Å². The Hall–Kier alpha value is -4.27. The highest BCUT2D eigenvalue weighted by atomic mass is 16.7. The third-order valence-electron chi connectivity index (χ3n) is 5.85. The van der Waals surface area contributed by atoms with Crippen molar-refractivity contribution in [1.29, 1.82) is 0 Å². The molecule has 0 unspecified atom stereocenters. The number of hydrogen-bond donors (Lipinski definition) is 2. The Morgan fingerprint density at radius 2 is 1.44 bits per heavy atom. The fraction of sp³-hybridized carbons (Fsp3) is 0.441. The molecule has 0 radical (unpaired) electrons. The minimum atomic E-state index is -0.941. The molecule has 1 atom stereocenters. The second-order valence-electron chi connectivity index (χ2n) is 9.67. The van der Waals surface area contributed by atoms with Crippen LogP contribution in [-0.2, 0) is 19.2 Å². The molecular weight excluding hydrogens is 546 g/mol. The van der Waals surface area contributed by atoms with Gasteiger partial charge in [0.1, 0.15) is 6.04 Å². The lowest BCUT2D eigenvalue weighted by molar-refractivity contribution is -0.149. The van der Waals surface area contributed by atoms with Gasteiger partial charge in [0.25, 0.3) is 0 Å². The largest absolute Gasteiger partial charge is 0.422 e. The number of amides is 2. The van der Waals surface area contributed by atoms with E-state index < -0.39 is 23.9 Å². The minimum absolute atomic E-state index is 0.117. The van der Waals surface area contributed by atoms with Gasteiger partial charge in [-0.1, -0.05) is 81.0 Å². The summed E-state index contributed by atoms with van der Waals surface area (Å²) < 4.78 is 5.30. The molecule has 0 spiro atoms. The molecule has 0 fully saturated rings. The topological polar surface area (TPSA) is 124 Å². The van der Waals surface area contributed by atoms with Crippen LogP contribution >= 0.6 is 0 Å². The molecule has 0 saturated carbocycles. The Morgan fingerprint density at radius 1 is 0.837 bits per heavy atom. The number of nitrogens with one attached hydrogen (secondary N) is 2. The quantitative estimate of drug-likeness (QED) is 0.0738. The standard InChI is InChI=1S/C34H47N3O6/c1-4-6-8-9-10-11-12-13-14-15-16-17-18-19-20-21-22-25-30(38)36-28(3)34(41)42-29-24-23-27-35-32(29)33(40)37-43-31(39)26-7-5-2/h6,8,10-11,13-14,16-17,19-20,23-24,27-28H,4-5,7,9,12,15,18,21-22,25-26H2,1-3H3,(H,36,38)(H,37,40)/b8-6-,11-10-,14-13-,17-16-,20-19-/t28-/m0/s1. The van der Waals surface area contributed by atoms with Crippen molar-refractivity contribution in [3.05, 3.63) is 84.8 Å². The maximum Gasteiger partial charge on any atom is 0.333 e. The Kier molecular flexibility index (Phi) is 20.8. The van der Waals surface area contributed by atoms with Crippen LogP contribution in [0.1, 0.15) is 102 Å². The van der Waals surface area contributed by atoms with E-state index in [0.29, 0.717) is 12.8 Å². The molecule has 0 aliphatic rings. The van der Waals surface area contributed by atoms with Crippen LogP contribution in [-0.4, -0.2) is 34.8 Å². The van der Waals surface area contributed by atoms with E-state index in [9.17, 15) is 19.2 Å². The second-order valence-corrected chi connectivity index (χ2v) is 9.67. The number of carbonyl (C=O) groups excluding carboxylic acids is 4. The third kappa shape index (κ3) is 18.7. The number of aromatic nitrogens is 1. The maximum atomic E-state index is 12.5. The van der Waals surface area contributed by atoms with Crippen molar-refractivity contribution in [2.24, 2.45) is 0 Å². The fourth-order valence-electron chi connectivity index (χ4n) is 3.49. The predicted octanol–water partition coefficient (Wildman–Crippen LogP) is 6.79. The normalized spacial score (nSPS) is 12.4. The van der Waals surface area contributed by atoms with E-state index in [1.807, 2.05) is 18.5 Å². The molecule has 43 heavy (non-hydrogen) atoms. The highest BCUT2D eigenvalue weighted by molar-refractivity contribution is 5.96. The summed E-state index contributed by atoms with van der Waals surface area (Å²) in [5.41, 5.74) is 1.79. The molecule has 0 bridgehead atoms. The average molecular weight is 594 g/mol. The van der Waals surface area contributed by atoms with Crippen LogP contribution in [0.5, 0.6) is 5.75 Å². The van der Waals surface area contributed by atoms with E-state index in [1.165, 1.54) is 25.3 Å². The number of unbranched alkanes of at least 4 members (excludes halogenated alkanes) is 2. The molecular formula is C34H47N3O6. The summed E-state index contributed by atoms with van der Waals surface area (Å²) in [6.07, 6.45) is 30.7. The average Bonchev–Trinajstić information content (AvgIpc) is 3.00. The molecule has 1 heterocycles. The first-order valence-corrected chi connectivity index (χ1v) is 15.1. The van der Waals surface area contributed by atoms with Gasteiger partial charge in [-0.15, -0.1) is 0 Å². The van der Waals surface area contributed by atoms with Crippen molar-refractivity contribution in [3.63, 3.8) is 0 Å². The number of allylic oxidation sites excluding steroid dienone is 10. The maximum absolute atomic E-state index is 12.5. The highest BCUT2D eigenvalue weighted by Crippen LogP contribution is 2.16. The fourth-order valence-corrected chi connectivity index (χ4v) is 3.49. The van der Waals surface area contributed by atoms with Gasteiger partial charge in [-0.25, -0.2) is 14.6 Å². The summed E-state index contributed by atoms with van der Waals surface area (Å²) in [6, 6.07) is 1.94. The summed E-state index contributed by atoms with van der Waals surface area (Å²) >= 11 is 0. The van der Waals surface area contributed by atoms with Gasteiger partial charge in [0.05, 0.1) is 0 Å². The molecule has 0 saturated heterocycles. The van der Waals surface area contributed by atoms with Crippen molar-refractivity contribution < 1.29 is 28.8 Å². The number of nitrogens with zero attached hydrogens (tertiary/aromatic N) is 1. The SMILES string of the molecule is CC/C=C\C/C=C\C/C=C\C/C=C\C/C=C\CCCC(=O)N[C@@H](C)C(=O)Oc1cccnc1C(=O)NOC(=O)CCCC. The van der Waals surface area contributed by atoms with Gasteiger partial charge in [0.2, 0.25) is 5.91 Å². The Labute approximate surface area is 256 Å².